The molecule has 0 spiro atoms. The summed E-state index contributed by atoms with van der Waals surface area (Å²) in [6.45, 7) is 1.04. The van der Waals surface area contributed by atoms with E-state index in [4.69, 9.17) is 4.74 Å². The Labute approximate surface area is 83.3 Å². The Hall–Kier alpha value is -1.71. The van der Waals surface area contributed by atoms with Gasteiger partial charge in [-0.3, -0.25) is 4.79 Å². The summed E-state index contributed by atoms with van der Waals surface area (Å²) >= 11 is 0. The predicted molar refractivity (Wildman–Crippen MR) is 54.2 cm³/mol. The van der Waals surface area contributed by atoms with Gasteiger partial charge in [0.05, 0.1) is 13.7 Å². The van der Waals surface area contributed by atoms with Gasteiger partial charge in [0, 0.05) is 18.3 Å². The van der Waals surface area contributed by atoms with Crippen molar-refractivity contribution in [1.29, 1.82) is 0 Å². The molecular weight excluding hydrogens is 180 g/mol. The third-order valence-electron chi connectivity index (χ3n) is 1.69. The molecule has 1 aromatic carbocycles. The van der Waals surface area contributed by atoms with Gasteiger partial charge in [-0.15, -0.1) is 0 Å². The highest BCUT2D eigenvalue weighted by molar-refractivity contribution is 5.49. The number of hydrogen-bond donors (Lipinski definition) is 1. The average Bonchev–Trinajstić information content (AvgIpc) is 2.25. The maximum atomic E-state index is 9.78. The number of methoxy groups -OCH3 is 1. The van der Waals surface area contributed by atoms with Crippen molar-refractivity contribution in [1.82, 2.24) is 5.32 Å². The van der Waals surface area contributed by atoms with Crippen molar-refractivity contribution >= 4 is 12.1 Å². The standard InChI is InChI=1S/C10H12N2O2/c1-14-10-4-2-3-9(7-10)12-6-5-11-8-13/h2-4,7,12H,5-6H2,1H3. The van der Waals surface area contributed by atoms with Gasteiger partial charge in [0.25, 0.3) is 0 Å². The normalized spacial score (nSPS) is 9.21. The Morgan fingerprint density at radius 2 is 2.43 bits per heavy atom. The van der Waals surface area contributed by atoms with E-state index in [0.29, 0.717) is 13.1 Å². The minimum atomic E-state index is 0.431. The fourth-order valence-corrected chi connectivity index (χ4v) is 1.03. The lowest BCUT2D eigenvalue weighted by Gasteiger charge is -2.06. The van der Waals surface area contributed by atoms with Crippen LogP contribution >= 0.6 is 0 Å². The number of nitrogens with one attached hydrogen (secondary N) is 1. The van der Waals surface area contributed by atoms with Crippen LogP contribution < -0.4 is 15.4 Å². The van der Waals surface area contributed by atoms with Crippen molar-refractivity contribution in [3.63, 3.8) is 0 Å². The molecule has 1 rings (SSSR count). The highest BCUT2D eigenvalue weighted by atomic mass is 16.5. The summed E-state index contributed by atoms with van der Waals surface area (Å²) in [5, 5.41) is 6.53. The van der Waals surface area contributed by atoms with Gasteiger partial charge in [-0.25, -0.2) is 5.32 Å². The molecule has 1 aromatic rings. The molecule has 14 heavy (non-hydrogen) atoms. The third kappa shape index (κ3) is 3.35. The lowest BCUT2D eigenvalue weighted by Crippen LogP contribution is -2.14. The Morgan fingerprint density at radius 1 is 1.57 bits per heavy atom. The zero-order valence-electron chi connectivity index (χ0n) is 7.99. The molecule has 0 saturated heterocycles. The van der Waals surface area contributed by atoms with Gasteiger partial charge in [0.2, 0.25) is 0 Å². The first-order valence-electron chi connectivity index (χ1n) is 4.28. The molecule has 2 radical (unpaired) electrons. The number of ether oxygens (including phenoxy) is 1. The maximum Gasteiger partial charge on any atom is 0.332 e. The molecule has 0 heterocycles. The molecule has 0 aromatic heterocycles. The van der Waals surface area contributed by atoms with E-state index in [-0.39, 0.29) is 0 Å². The van der Waals surface area contributed by atoms with Crippen LogP contribution in [-0.4, -0.2) is 26.6 Å². The number of benzene rings is 1. The summed E-state index contributed by atoms with van der Waals surface area (Å²) < 4.78 is 5.06. The van der Waals surface area contributed by atoms with Crippen molar-refractivity contribution in [2.24, 2.45) is 0 Å². The molecule has 0 aliphatic rings. The largest absolute Gasteiger partial charge is 0.497 e. The van der Waals surface area contributed by atoms with Crippen LogP contribution in [0.2, 0.25) is 0 Å². The van der Waals surface area contributed by atoms with Crippen LogP contribution in [0.25, 0.3) is 0 Å². The van der Waals surface area contributed by atoms with Gasteiger partial charge in [-0.1, -0.05) is 6.07 Å². The van der Waals surface area contributed by atoms with Crippen LogP contribution in [-0.2, 0) is 4.79 Å². The fraction of sp³-hybridized carbons (Fsp3) is 0.300. The van der Waals surface area contributed by atoms with Crippen molar-refractivity contribution in [3.8, 4) is 5.75 Å². The van der Waals surface area contributed by atoms with E-state index >= 15 is 0 Å². The molecule has 0 unspecified atom stereocenters. The Balaban J connectivity index is 2.38. The second-order valence-corrected chi connectivity index (χ2v) is 2.63. The van der Waals surface area contributed by atoms with Crippen LogP contribution in [0.5, 0.6) is 5.75 Å². The highest BCUT2D eigenvalue weighted by Crippen LogP contribution is 2.15. The average molecular weight is 192 g/mol. The Kier molecular flexibility index (Phi) is 4.34. The molecule has 74 valence electrons. The second kappa shape index (κ2) is 5.85. The van der Waals surface area contributed by atoms with E-state index in [1.165, 1.54) is 6.41 Å². The van der Waals surface area contributed by atoms with E-state index in [1.54, 1.807) is 7.11 Å². The smallest absolute Gasteiger partial charge is 0.332 e. The van der Waals surface area contributed by atoms with Crippen LogP contribution in [0.3, 0.4) is 0 Å². The molecule has 0 fully saturated rings. The number of amides is 1. The van der Waals surface area contributed by atoms with Crippen molar-refractivity contribution in [2.45, 2.75) is 0 Å². The zero-order valence-corrected chi connectivity index (χ0v) is 7.99. The van der Waals surface area contributed by atoms with E-state index in [1.807, 2.05) is 24.3 Å². The minimum absolute atomic E-state index is 0.431. The van der Waals surface area contributed by atoms with Crippen LogP contribution in [0.4, 0.5) is 5.69 Å². The quantitative estimate of drug-likeness (QED) is 0.677. The van der Waals surface area contributed by atoms with E-state index in [2.05, 4.69) is 10.6 Å². The Morgan fingerprint density at radius 3 is 3.14 bits per heavy atom. The molecule has 1 N–H and O–H groups in total. The highest BCUT2D eigenvalue weighted by Gasteiger charge is 1.94. The van der Waals surface area contributed by atoms with E-state index in [9.17, 15) is 4.79 Å². The Bertz CT molecular complexity index is 289. The summed E-state index contributed by atoms with van der Waals surface area (Å²) in [5.41, 5.74) is 0.949. The molecule has 0 bridgehead atoms. The minimum Gasteiger partial charge on any atom is -0.497 e. The third-order valence-corrected chi connectivity index (χ3v) is 1.69. The van der Waals surface area contributed by atoms with Gasteiger partial charge in [-0.2, -0.15) is 0 Å². The molecule has 4 heteroatoms. The van der Waals surface area contributed by atoms with Crippen LogP contribution in [0.15, 0.2) is 24.3 Å². The first kappa shape index (κ1) is 10.4. The first-order chi connectivity index (χ1) is 6.86. The molecule has 0 aliphatic heterocycles. The van der Waals surface area contributed by atoms with Crippen LogP contribution in [0, 0.1) is 0 Å². The van der Waals surface area contributed by atoms with Crippen molar-refractivity contribution in [2.75, 3.05) is 25.5 Å². The monoisotopic (exact) mass is 192 g/mol. The summed E-state index contributed by atoms with van der Waals surface area (Å²) in [4.78, 5) is 9.78. The van der Waals surface area contributed by atoms with E-state index < -0.39 is 0 Å². The summed E-state index contributed by atoms with van der Waals surface area (Å²) in [6, 6.07) is 7.57. The summed E-state index contributed by atoms with van der Waals surface area (Å²) in [5.74, 6) is 0.800. The van der Waals surface area contributed by atoms with E-state index in [0.717, 1.165) is 11.4 Å². The number of nitrogens with zero attached hydrogens (tertiary/aromatic N) is 1. The lowest BCUT2D eigenvalue weighted by atomic mass is 10.3. The molecule has 4 nitrogen and oxygen atoms in total. The van der Waals surface area contributed by atoms with Gasteiger partial charge >= 0.3 is 6.41 Å². The number of carbonyl (C=O) groups excluding carboxylic acids is 1. The molecule has 0 aliphatic carbocycles. The number of anilines is 1. The second-order valence-electron chi connectivity index (χ2n) is 2.63. The first-order valence-corrected chi connectivity index (χ1v) is 4.28. The number of hydrogen-bond acceptors (Lipinski definition) is 3. The summed E-state index contributed by atoms with van der Waals surface area (Å²) in [6.07, 6.45) is 1.49. The van der Waals surface area contributed by atoms with Gasteiger partial charge in [0.1, 0.15) is 5.75 Å². The van der Waals surface area contributed by atoms with Crippen molar-refractivity contribution < 1.29 is 9.53 Å². The van der Waals surface area contributed by atoms with Gasteiger partial charge < -0.3 is 10.1 Å². The fourth-order valence-electron chi connectivity index (χ4n) is 1.03. The predicted octanol–water partition coefficient (Wildman–Crippen LogP) is 0.779. The van der Waals surface area contributed by atoms with Gasteiger partial charge in [0.15, 0.2) is 0 Å². The number of rotatable bonds is 6. The molecule has 1 amide bonds. The molecule has 0 atom stereocenters. The maximum absolute atomic E-state index is 9.78. The topological polar surface area (TPSA) is 52.4 Å². The van der Waals surface area contributed by atoms with Gasteiger partial charge in [-0.05, 0) is 12.1 Å². The molecule has 0 saturated carbocycles. The SMILES string of the molecule is COc1cccc(NCC[N][C]=O)c1. The lowest BCUT2D eigenvalue weighted by molar-refractivity contribution is 0.415. The summed E-state index contributed by atoms with van der Waals surface area (Å²) in [7, 11) is 1.62. The van der Waals surface area contributed by atoms with Crippen LogP contribution in [0.1, 0.15) is 0 Å². The molecular formula is C10H12N2O2. The van der Waals surface area contributed by atoms with Crippen molar-refractivity contribution in [3.05, 3.63) is 24.3 Å². The zero-order chi connectivity index (χ0) is 10.2.